The number of fused-ring (bicyclic) bond motifs is 1. The lowest BCUT2D eigenvalue weighted by atomic mass is 9.92. The van der Waals surface area contributed by atoms with Gasteiger partial charge in [0.1, 0.15) is 10.8 Å². The first-order chi connectivity index (χ1) is 19.2. The molecule has 3 N–H and O–H groups in total. The summed E-state index contributed by atoms with van der Waals surface area (Å²) in [6, 6.07) is 6.98. The van der Waals surface area contributed by atoms with E-state index in [1.165, 1.54) is 32.0 Å². The molecule has 210 valence electrons. The van der Waals surface area contributed by atoms with Crippen LogP contribution < -0.4 is 15.8 Å². The minimum atomic E-state index is -1.41. The van der Waals surface area contributed by atoms with Gasteiger partial charge in [-0.25, -0.2) is 9.37 Å². The molecule has 1 amide bonds. The number of ether oxygens (including phenoxy) is 1. The van der Waals surface area contributed by atoms with Crippen LogP contribution in [0.15, 0.2) is 35.5 Å². The molecule has 0 spiro atoms. The van der Waals surface area contributed by atoms with E-state index in [9.17, 15) is 13.6 Å². The van der Waals surface area contributed by atoms with Crippen LogP contribution in [0.4, 0.5) is 14.5 Å². The van der Waals surface area contributed by atoms with Crippen LogP contribution in [0.1, 0.15) is 77.7 Å². The van der Waals surface area contributed by atoms with Gasteiger partial charge in [0.2, 0.25) is 5.95 Å². The predicted octanol–water partition coefficient (Wildman–Crippen LogP) is 6.23. The Morgan fingerprint density at radius 2 is 2.10 bits per heavy atom. The summed E-state index contributed by atoms with van der Waals surface area (Å²) >= 11 is 6.35. The quantitative estimate of drug-likeness (QED) is 0.138. The van der Waals surface area contributed by atoms with Crippen molar-refractivity contribution >= 4 is 29.4 Å². The highest BCUT2D eigenvalue weighted by molar-refractivity contribution is 6.33. The summed E-state index contributed by atoms with van der Waals surface area (Å²) in [5.74, 6) is -0.0583. The van der Waals surface area contributed by atoms with Gasteiger partial charge in [-0.05, 0) is 79.8 Å². The minimum absolute atomic E-state index is 0.0321. The number of hydrogen-bond acceptors (Lipinski definition) is 6. The van der Waals surface area contributed by atoms with Gasteiger partial charge in [-0.15, -0.1) is 0 Å². The predicted molar refractivity (Wildman–Crippen MR) is 153 cm³/mol. The van der Waals surface area contributed by atoms with Gasteiger partial charge in [-0.2, -0.15) is 4.39 Å². The lowest BCUT2D eigenvalue weighted by Gasteiger charge is -2.21. The Balaban J connectivity index is 1.46. The molecule has 2 aliphatic rings. The molecule has 1 aromatic carbocycles. The van der Waals surface area contributed by atoms with Gasteiger partial charge in [0.15, 0.2) is 6.30 Å². The molecule has 1 fully saturated rings. The van der Waals surface area contributed by atoms with Crippen LogP contribution in [0.5, 0.6) is 5.75 Å². The molecule has 10 heteroatoms. The first-order valence-electron chi connectivity index (χ1n) is 13.4. The highest BCUT2D eigenvalue weighted by Gasteiger charge is 2.36. The number of aliphatic imine (C=N–C) groups is 1. The van der Waals surface area contributed by atoms with E-state index >= 15 is 0 Å². The molecule has 1 saturated carbocycles. The second-order valence-electron chi connectivity index (χ2n) is 10.6. The van der Waals surface area contributed by atoms with Crippen molar-refractivity contribution in [3.05, 3.63) is 69.4 Å². The number of methoxy groups -OCH3 is 1. The normalized spacial score (nSPS) is 18.0. The number of nitrogens with two attached hydrogens (primary N) is 1. The van der Waals surface area contributed by atoms with Crippen molar-refractivity contribution in [3.8, 4) is 17.0 Å². The molecule has 0 radical (unpaired) electrons. The van der Waals surface area contributed by atoms with Crippen LogP contribution in [0, 0.1) is 11.9 Å². The first-order valence-corrected chi connectivity index (χ1v) is 13.8. The number of alkyl halides is 1. The monoisotopic (exact) mass is 567 g/mol. The minimum Gasteiger partial charge on any atom is -0.495 e. The second kappa shape index (κ2) is 11.5. The Morgan fingerprint density at radius 3 is 2.80 bits per heavy atom. The van der Waals surface area contributed by atoms with Crippen LogP contribution in [0.3, 0.4) is 0 Å². The van der Waals surface area contributed by atoms with Gasteiger partial charge in [0.05, 0.1) is 18.5 Å². The van der Waals surface area contributed by atoms with Crippen molar-refractivity contribution in [1.82, 2.24) is 15.3 Å². The Hall–Kier alpha value is -3.59. The van der Waals surface area contributed by atoms with E-state index in [0.717, 1.165) is 36.9 Å². The maximum Gasteiger partial charge on any atom is 0.251 e. The molecule has 3 unspecified atom stereocenters. The Morgan fingerprint density at radius 1 is 1.32 bits per heavy atom. The number of nitrogens with zero attached hydrogens (tertiary/aromatic N) is 3. The molecule has 2 aliphatic carbocycles. The van der Waals surface area contributed by atoms with Crippen molar-refractivity contribution in [2.75, 3.05) is 19.4 Å². The first kappa shape index (κ1) is 28.0. The van der Waals surface area contributed by atoms with Gasteiger partial charge in [-0.3, -0.25) is 14.8 Å². The van der Waals surface area contributed by atoms with Crippen LogP contribution in [-0.2, 0) is 6.42 Å². The fourth-order valence-corrected chi connectivity index (χ4v) is 5.60. The summed E-state index contributed by atoms with van der Waals surface area (Å²) in [4.78, 5) is 25.8. The molecule has 3 aromatic rings. The smallest absolute Gasteiger partial charge is 0.251 e. The number of rotatable bonds is 9. The van der Waals surface area contributed by atoms with Crippen molar-refractivity contribution in [1.29, 1.82) is 0 Å². The average Bonchev–Trinajstić information content (AvgIpc) is 3.71. The molecule has 0 saturated heterocycles. The molecule has 2 aromatic heterocycles. The number of carbonyl (C=O) groups is 1. The molecule has 5 rings (SSSR count). The molecule has 0 aliphatic heterocycles. The molecular formula is C30H32ClF2N5O2. The van der Waals surface area contributed by atoms with Gasteiger partial charge >= 0.3 is 0 Å². The zero-order valence-electron chi connectivity index (χ0n) is 22.7. The van der Waals surface area contributed by atoms with E-state index < -0.39 is 12.2 Å². The Kier molecular flexibility index (Phi) is 8.03. The summed E-state index contributed by atoms with van der Waals surface area (Å²) < 4.78 is 32.9. The lowest BCUT2D eigenvalue weighted by molar-refractivity contribution is 0.0949. The molecule has 2 heterocycles. The zero-order valence-corrected chi connectivity index (χ0v) is 23.4. The van der Waals surface area contributed by atoms with Gasteiger partial charge < -0.3 is 15.8 Å². The molecule has 7 nitrogen and oxygen atoms in total. The molecule has 40 heavy (non-hydrogen) atoms. The summed E-state index contributed by atoms with van der Waals surface area (Å²) in [5, 5.41) is 3.01. The van der Waals surface area contributed by atoms with Crippen molar-refractivity contribution < 1.29 is 18.3 Å². The molecule has 3 atom stereocenters. The van der Waals surface area contributed by atoms with Gasteiger partial charge in [0.25, 0.3) is 5.91 Å². The van der Waals surface area contributed by atoms with Gasteiger partial charge in [0, 0.05) is 47.3 Å². The third-order valence-corrected chi connectivity index (χ3v) is 8.13. The lowest BCUT2D eigenvalue weighted by Crippen LogP contribution is -2.30. The average molecular weight is 568 g/mol. The number of benzene rings is 1. The number of carbonyl (C=O) groups excluding carboxylic acids is 1. The van der Waals surface area contributed by atoms with Crippen LogP contribution in [0.25, 0.3) is 11.3 Å². The fraction of sp³-hybridized carbons (Fsp3) is 0.400. The standard InChI is InChI=1S/C30H32ClF2N5O2/c1-15-4-7-20-22(15)12-24(38-28(20)21-8-9-35-29(33)26(21)31)23(17-5-6-17)14-37-30(39)18-10-19(13-36-16(2)32)27(34)25(11-18)40-3/h8-13,15-17,23H,4-7,14,34H2,1-3H3,(H,37,39)/b36-13+. The maximum atomic E-state index is 14.3. The number of halogens is 3. The fourth-order valence-electron chi connectivity index (χ4n) is 5.40. The topological polar surface area (TPSA) is 102 Å². The third-order valence-electron chi connectivity index (χ3n) is 7.77. The highest BCUT2D eigenvalue weighted by Crippen LogP contribution is 2.46. The van der Waals surface area contributed by atoms with E-state index in [4.69, 9.17) is 27.1 Å². The number of hydrogen-bond donors (Lipinski definition) is 2. The molecule has 0 bridgehead atoms. The second-order valence-corrected chi connectivity index (χ2v) is 10.9. The van der Waals surface area contributed by atoms with Crippen molar-refractivity contribution in [2.24, 2.45) is 10.9 Å². The summed E-state index contributed by atoms with van der Waals surface area (Å²) in [6.45, 7) is 3.84. The number of anilines is 1. The number of amides is 1. The Bertz CT molecular complexity index is 1470. The Labute approximate surface area is 237 Å². The summed E-state index contributed by atoms with van der Waals surface area (Å²) in [5.41, 5.74) is 11.5. The number of nitrogens with one attached hydrogen (secondary N) is 1. The van der Waals surface area contributed by atoms with E-state index in [1.807, 2.05) is 0 Å². The molecular weight excluding hydrogens is 536 g/mol. The van der Waals surface area contributed by atoms with Crippen LogP contribution in [-0.4, -0.2) is 42.0 Å². The van der Waals surface area contributed by atoms with Gasteiger partial charge in [-0.1, -0.05) is 18.5 Å². The zero-order chi connectivity index (χ0) is 28.6. The number of nitrogen functional groups attached to an aromatic ring is 1. The van der Waals surface area contributed by atoms with Crippen molar-refractivity contribution in [2.45, 2.75) is 57.7 Å². The van der Waals surface area contributed by atoms with E-state index in [1.54, 1.807) is 18.2 Å². The van der Waals surface area contributed by atoms with Crippen LogP contribution >= 0.6 is 11.6 Å². The SMILES string of the molecule is COc1cc(C(=O)NCC(c2cc3c(c(-c4ccnc(F)c4Cl)n2)CCC3C)C2CC2)cc(/C=N/C(C)F)c1N. The maximum absolute atomic E-state index is 14.3. The summed E-state index contributed by atoms with van der Waals surface area (Å²) in [6.07, 6.45) is 5.19. The van der Waals surface area contributed by atoms with E-state index in [2.05, 4.69) is 28.3 Å². The van der Waals surface area contributed by atoms with Crippen molar-refractivity contribution in [3.63, 3.8) is 0 Å². The number of aromatic nitrogens is 2. The third kappa shape index (κ3) is 5.66. The van der Waals surface area contributed by atoms with Crippen LogP contribution in [0.2, 0.25) is 5.02 Å². The summed E-state index contributed by atoms with van der Waals surface area (Å²) in [7, 11) is 1.45. The highest BCUT2D eigenvalue weighted by atomic mass is 35.5. The van der Waals surface area contributed by atoms with E-state index in [-0.39, 0.29) is 22.5 Å². The van der Waals surface area contributed by atoms with E-state index in [0.29, 0.717) is 46.5 Å². The number of pyridine rings is 2. The largest absolute Gasteiger partial charge is 0.495 e.